The Labute approximate surface area is 135 Å². The molecule has 0 bridgehead atoms. The number of hydrogen-bond donors (Lipinski definition) is 0. The zero-order valence-corrected chi connectivity index (χ0v) is 14.4. The normalized spacial score (nSPS) is 18.2. The first-order valence-electron chi connectivity index (χ1n) is 7.48. The molecule has 1 aromatic carbocycles. The minimum Gasteiger partial charge on any atom is -0.490 e. The molecule has 0 spiro atoms. The van der Waals surface area contributed by atoms with Crippen molar-refractivity contribution in [3.05, 3.63) is 23.5 Å². The van der Waals surface area contributed by atoms with E-state index in [-0.39, 0.29) is 22.2 Å². The summed E-state index contributed by atoms with van der Waals surface area (Å²) < 4.78 is 24.5. The maximum Gasteiger partial charge on any atom is 0.165 e. The van der Waals surface area contributed by atoms with E-state index < -0.39 is 5.82 Å². The van der Waals surface area contributed by atoms with Gasteiger partial charge in [0, 0.05) is 42.3 Å². The molecule has 2 rings (SSSR count). The lowest BCUT2D eigenvalue weighted by molar-refractivity contribution is 0.0962. The molecule has 5 heteroatoms. The lowest BCUT2D eigenvalue weighted by atomic mass is 9.87. The molecule has 1 aromatic rings. The quantitative estimate of drug-likeness (QED) is 0.754. The fourth-order valence-electron chi connectivity index (χ4n) is 2.30. The summed E-state index contributed by atoms with van der Waals surface area (Å²) in [6.07, 6.45) is 1.15. The third-order valence-electron chi connectivity index (χ3n) is 3.69. The second-order valence-electron chi connectivity index (χ2n) is 6.57. The Morgan fingerprint density at radius 1 is 1.32 bits per heavy atom. The van der Waals surface area contributed by atoms with Crippen molar-refractivity contribution >= 4 is 17.5 Å². The van der Waals surface area contributed by atoms with Gasteiger partial charge in [-0.15, -0.1) is 11.8 Å². The fraction of sp³-hybridized carbons (Fsp3) is 0.588. The van der Waals surface area contributed by atoms with Crippen molar-refractivity contribution in [1.82, 2.24) is 0 Å². The SMILES string of the molecule is COCCCOc1cc2c(cc1F)C(=O)CC(C(C)(C)C)S2. The van der Waals surface area contributed by atoms with E-state index in [9.17, 15) is 9.18 Å². The van der Waals surface area contributed by atoms with Crippen LogP contribution in [0.25, 0.3) is 0 Å². The summed E-state index contributed by atoms with van der Waals surface area (Å²) in [5, 5.41) is 0.194. The average molecular weight is 326 g/mol. The lowest BCUT2D eigenvalue weighted by Crippen LogP contribution is -2.29. The van der Waals surface area contributed by atoms with Gasteiger partial charge in [-0.05, 0) is 17.5 Å². The van der Waals surface area contributed by atoms with Gasteiger partial charge in [0.2, 0.25) is 0 Å². The molecule has 0 radical (unpaired) electrons. The molecule has 1 unspecified atom stereocenters. The third kappa shape index (κ3) is 4.02. The molecule has 1 aliphatic rings. The second-order valence-corrected chi connectivity index (χ2v) is 7.82. The number of halogens is 1. The number of ketones is 1. The van der Waals surface area contributed by atoms with Crippen molar-refractivity contribution in [3.8, 4) is 5.75 Å². The lowest BCUT2D eigenvalue weighted by Gasteiger charge is -2.33. The number of fused-ring (bicyclic) bond motifs is 1. The topological polar surface area (TPSA) is 35.5 Å². The molecule has 0 fully saturated rings. The van der Waals surface area contributed by atoms with Crippen LogP contribution in [-0.4, -0.2) is 31.4 Å². The van der Waals surface area contributed by atoms with Gasteiger partial charge in [-0.2, -0.15) is 0 Å². The van der Waals surface area contributed by atoms with Crippen LogP contribution in [0.15, 0.2) is 17.0 Å². The minimum atomic E-state index is -0.473. The summed E-state index contributed by atoms with van der Waals surface area (Å²) in [5.74, 6) is -0.248. The van der Waals surface area contributed by atoms with Crippen molar-refractivity contribution in [2.45, 2.75) is 43.8 Å². The van der Waals surface area contributed by atoms with Crippen LogP contribution in [0.3, 0.4) is 0 Å². The maximum absolute atomic E-state index is 14.1. The number of benzene rings is 1. The zero-order valence-electron chi connectivity index (χ0n) is 13.6. The van der Waals surface area contributed by atoms with Crippen molar-refractivity contribution in [2.24, 2.45) is 5.41 Å². The highest BCUT2D eigenvalue weighted by Gasteiger charge is 2.34. The van der Waals surface area contributed by atoms with Gasteiger partial charge in [-0.25, -0.2) is 4.39 Å². The van der Waals surface area contributed by atoms with Crippen LogP contribution in [0.4, 0.5) is 4.39 Å². The van der Waals surface area contributed by atoms with Crippen LogP contribution in [-0.2, 0) is 4.74 Å². The highest BCUT2D eigenvalue weighted by Crippen LogP contribution is 2.44. The fourth-order valence-corrected chi connectivity index (χ4v) is 3.67. The van der Waals surface area contributed by atoms with Crippen LogP contribution in [0.1, 0.15) is 44.0 Å². The van der Waals surface area contributed by atoms with Gasteiger partial charge in [0.05, 0.1) is 6.61 Å². The van der Waals surface area contributed by atoms with Gasteiger partial charge < -0.3 is 9.47 Å². The minimum absolute atomic E-state index is 0.0125. The third-order valence-corrected chi connectivity index (χ3v) is 5.44. The van der Waals surface area contributed by atoms with Gasteiger partial charge in [-0.1, -0.05) is 20.8 Å². The number of carbonyl (C=O) groups excluding carboxylic acids is 1. The van der Waals surface area contributed by atoms with Gasteiger partial charge in [0.25, 0.3) is 0 Å². The standard InChI is InChI=1S/C17H23FO3S/c1-17(2,3)16-9-13(19)11-8-12(18)14(10-15(11)22-16)21-7-5-6-20-4/h8,10,16H,5-7,9H2,1-4H3. The van der Waals surface area contributed by atoms with Gasteiger partial charge >= 0.3 is 0 Å². The Hall–Kier alpha value is -1.07. The Morgan fingerprint density at radius 3 is 2.68 bits per heavy atom. The van der Waals surface area contributed by atoms with Crippen molar-refractivity contribution in [1.29, 1.82) is 0 Å². The van der Waals surface area contributed by atoms with Crippen molar-refractivity contribution in [3.63, 3.8) is 0 Å². The van der Waals surface area contributed by atoms with Crippen LogP contribution in [0.2, 0.25) is 0 Å². The molecular formula is C17H23FO3S. The molecule has 1 heterocycles. The Kier molecular flexibility index (Phi) is 5.50. The second kappa shape index (κ2) is 7.01. The van der Waals surface area contributed by atoms with Gasteiger partial charge in [-0.3, -0.25) is 4.79 Å². The van der Waals surface area contributed by atoms with Crippen LogP contribution in [0, 0.1) is 11.2 Å². The Balaban J connectivity index is 2.19. The number of methoxy groups -OCH3 is 1. The Bertz CT molecular complexity index is 552. The highest BCUT2D eigenvalue weighted by molar-refractivity contribution is 8.00. The first-order valence-corrected chi connectivity index (χ1v) is 8.36. The molecule has 1 aliphatic heterocycles. The van der Waals surface area contributed by atoms with Crippen LogP contribution >= 0.6 is 11.8 Å². The smallest absolute Gasteiger partial charge is 0.165 e. The van der Waals surface area contributed by atoms with E-state index >= 15 is 0 Å². The van der Waals surface area contributed by atoms with Crippen LogP contribution < -0.4 is 4.74 Å². The summed E-state index contributed by atoms with van der Waals surface area (Å²) in [6, 6.07) is 2.98. The number of hydrogen-bond acceptors (Lipinski definition) is 4. The van der Waals surface area contributed by atoms with E-state index in [4.69, 9.17) is 9.47 Å². The molecule has 0 aromatic heterocycles. The van der Waals surface area contributed by atoms with Gasteiger partial charge in [0.1, 0.15) is 0 Å². The largest absolute Gasteiger partial charge is 0.490 e. The zero-order chi connectivity index (χ0) is 16.3. The first-order chi connectivity index (χ1) is 10.3. The average Bonchev–Trinajstić information content (AvgIpc) is 2.43. The number of rotatable bonds is 5. The predicted octanol–water partition coefficient (Wildman–Crippen LogP) is 4.33. The Morgan fingerprint density at radius 2 is 2.05 bits per heavy atom. The first kappa shape index (κ1) is 17.3. The number of carbonyl (C=O) groups is 1. The number of thioether (sulfide) groups is 1. The maximum atomic E-state index is 14.1. The van der Waals surface area contributed by atoms with E-state index in [0.29, 0.717) is 31.6 Å². The highest BCUT2D eigenvalue weighted by atomic mass is 32.2. The molecule has 0 saturated heterocycles. The van der Waals surface area contributed by atoms with E-state index in [1.54, 1.807) is 24.9 Å². The summed E-state index contributed by atoms with van der Waals surface area (Å²) in [5.41, 5.74) is 0.499. The molecule has 0 saturated carbocycles. The monoisotopic (exact) mass is 326 g/mol. The molecule has 22 heavy (non-hydrogen) atoms. The molecule has 122 valence electrons. The molecule has 0 amide bonds. The summed E-state index contributed by atoms with van der Waals surface area (Å²) in [6.45, 7) is 7.33. The molecule has 1 atom stereocenters. The molecule has 0 aliphatic carbocycles. The number of Topliss-reactive ketones (excluding diaryl/α,β-unsaturated/α-hetero) is 1. The van der Waals surface area contributed by atoms with E-state index in [1.807, 2.05) is 0 Å². The van der Waals surface area contributed by atoms with E-state index in [0.717, 1.165) is 4.90 Å². The van der Waals surface area contributed by atoms with E-state index in [1.165, 1.54) is 6.07 Å². The predicted molar refractivity (Wildman–Crippen MR) is 86.4 cm³/mol. The molecule has 0 N–H and O–H groups in total. The van der Waals surface area contributed by atoms with Crippen molar-refractivity contribution in [2.75, 3.05) is 20.3 Å². The summed E-state index contributed by atoms with van der Waals surface area (Å²) in [7, 11) is 1.62. The summed E-state index contributed by atoms with van der Waals surface area (Å²) >= 11 is 1.64. The molecule has 3 nitrogen and oxygen atoms in total. The van der Waals surface area contributed by atoms with E-state index in [2.05, 4.69) is 20.8 Å². The molecular weight excluding hydrogens is 303 g/mol. The van der Waals surface area contributed by atoms with Crippen molar-refractivity contribution < 1.29 is 18.7 Å². The van der Waals surface area contributed by atoms with Crippen LogP contribution in [0.5, 0.6) is 5.75 Å². The van der Waals surface area contributed by atoms with Gasteiger partial charge in [0.15, 0.2) is 17.3 Å². The summed E-state index contributed by atoms with van der Waals surface area (Å²) in [4.78, 5) is 13.1. The number of ether oxygens (including phenoxy) is 2.